The van der Waals surface area contributed by atoms with Crippen molar-refractivity contribution in [3.05, 3.63) is 81.8 Å². The summed E-state index contributed by atoms with van der Waals surface area (Å²) in [5, 5.41) is 14.5. The maximum atomic E-state index is 10.1. The number of hydrogen-bond donors (Lipinski definition) is 4. The average Bonchev–Trinajstić information content (AvgIpc) is 3.34. The minimum atomic E-state index is 0.145. The first kappa shape index (κ1) is 19.7. The van der Waals surface area contributed by atoms with Gasteiger partial charge >= 0.3 is 0 Å². The number of phenolic OH excluding ortho intramolecular Hbond substituents is 1. The third kappa shape index (κ3) is 3.67. The first-order valence-corrected chi connectivity index (χ1v) is 10.5. The topological polar surface area (TPSA) is 81.7 Å². The molecular weight excluding hydrogens is 453 g/mol. The highest BCUT2D eigenvalue weighted by molar-refractivity contribution is 7.71. The van der Waals surface area contributed by atoms with Gasteiger partial charge in [-0.3, -0.25) is 4.57 Å². The smallest absolute Gasteiger partial charge is 0.183 e. The van der Waals surface area contributed by atoms with E-state index in [2.05, 4.69) is 20.3 Å². The zero-order chi connectivity index (χ0) is 21.5. The van der Waals surface area contributed by atoms with Crippen molar-refractivity contribution in [1.29, 1.82) is 0 Å². The second-order valence-corrected chi connectivity index (χ2v) is 8.12. The van der Waals surface area contributed by atoms with Crippen LogP contribution in [0.4, 0.5) is 11.5 Å². The fraction of sp³-hybridized carbons (Fsp3) is 0. The molecule has 0 aliphatic heterocycles. The van der Waals surface area contributed by atoms with Crippen molar-refractivity contribution in [3.8, 4) is 22.7 Å². The van der Waals surface area contributed by atoms with Crippen LogP contribution in [0.25, 0.3) is 28.0 Å². The summed E-state index contributed by atoms with van der Waals surface area (Å²) in [4.78, 5) is 10.6. The van der Waals surface area contributed by atoms with Crippen LogP contribution in [0, 0.1) is 4.77 Å². The van der Waals surface area contributed by atoms with Gasteiger partial charge < -0.3 is 20.4 Å². The van der Waals surface area contributed by atoms with E-state index in [1.165, 1.54) is 0 Å². The number of hydrogen-bond acceptors (Lipinski definition) is 4. The number of aromatic nitrogens is 4. The van der Waals surface area contributed by atoms with Crippen LogP contribution in [0.3, 0.4) is 0 Å². The molecule has 0 aliphatic rings. The summed E-state index contributed by atoms with van der Waals surface area (Å²) in [6, 6.07) is 18.0. The molecule has 0 saturated heterocycles. The third-order valence-corrected chi connectivity index (χ3v) is 5.71. The summed E-state index contributed by atoms with van der Waals surface area (Å²) in [6.45, 7) is 0. The molecule has 0 saturated carbocycles. The molecule has 154 valence electrons. The predicted molar refractivity (Wildman–Crippen MR) is 127 cm³/mol. The summed E-state index contributed by atoms with van der Waals surface area (Å²) in [6.07, 6.45) is 1.65. The number of imidazole rings is 2. The maximum Gasteiger partial charge on any atom is 0.183 e. The lowest BCUT2D eigenvalue weighted by Gasteiger charge is -2.13. The molecular formula is C22H15Cl2N5OS. The van der Waals surface area contributed by atoms with E-state index in [0.717, 1.165) is 28.0 Å². The van der Waals surface area contributed by atoms with Crippen LogP contribution in [0.1, 0.15) is 0 Å². The minimum Gasteiger partial charge on any atom is -0.508 e. The molecule has 4 N–H and O–H groups in total. The van der Waals surface area contributed by atoms with Crippen LogP contribution in [0.5, 0.6) is 5.75 Å². The van der Waals surface area contributed by atoms with Crippen molar-refractivity contribution < 1.29 is 5.11 Å². The lowest BCUT2D eigenvalue weighted by Crippen LogP contribution is -1.99. The number of anilines is 2. The molecule has 0 aliphatic carbocycles. The average molecular weight is 468 g/mol. The second-order valence-electron chi connectivity index (χ2n) is 6.89. The molecule has 0 spiro atoms. The molecule has 6 nitrogen and oxygen atoms in total. The largest absolute Gasteiger partial charge is 0.508 e. The Hall–Kier alpha value is -3.26. The van der Waals surface area contributed by atoms with E-state index in [1.54, 1.807) is 42.7 Å². The molecule has 0 fully saturated rings. The van der Waals surface area contributed by atoms with Gasteiger partial charge in [-0.1, -0.05) is 35.3 Å². The highest BCUT2D eigenvalue weighted by Crippen LogP contribution is 2.36. The first-order valence-electron chi connectivity index (χ1n) is 9.29. The van der Waals surface area contributed by atoms with Gasteiger partial charge in [-0.2, -0.15) is 0 Å². The SMILES string of the molecule is Oc1cccc(-c2c(Nc3cc(Cl)ccc3Cl)[nH]c(=S)n2-c2ccc3nc[nH]c3c2)c1. The molecule has 0 unspecified atom stereocenters. The van der Waals surface area contributed by atoms with E-state index in [-0.39, 0.29) is 5.75 Å². The van der Waals surface area contributed by atoms with Gasteiger partial charge in [0.1, 0.15) is 11.6 Å². The number of nitrogens with zero attached hydrogens (tertiary/aromatic N) is 2. The Labute approximate surface area is 192 Å². The van der Waals surface area contributed by atoms with Crippen molar-refractivity contribution >= 4 is 58.0 Å². The van der Waals surface area contributed by atoms with Crippen LogP contribution < -0.4 is 5.32 Å². The summed E-state index contributed by atoms with van der Waals surface area (Å²) < 4.78 is 2.36. The van der Waals surface area contributed by atoms with Crippen LogP contribution in [0.2, 0.25) is 10.0 Å². The summed E-state index contributed by atoms with van der Waals surface area (Å²) >= 11 is 18.2. The van der Waals surface area contributed by atoms with Gasteiger partial charge in [0.2, 0.25) is 0 Å². The van der Waals surface area contributed by atoms with Crippen LogP contribution in [-0.2, 0) is 0 Å². The Morgan fingerprint density at radius 1 is 1.03 bits per heavy atom. The van der Waals surface area contributed by atoms with E-state index in [1.807, 2.05) is 28.8 Å². The number of nitrogens with one attached hydrogen (secondary N) is 3. The fourth-order valence-electron chi connectivity index (χ4n) is 3.49. The minimum absolute atomic E-state index is 0.145. The van der Waals surface area contributed by atoms with Crippen molar-refractivity contribution in [2.75, 3.05) is 5.32 Å². The number of fused-ring (bicyclic) bond motifs is 1. The van der Waals surface area contributed by atoms with Gasteiger partial charge in [0.15, 0.2) is 4.77 Å². The molecule has 9 heteroatoms. The molecule has 0 amide bonds. The molecule has 3 aromatic carbocycles. The Morgan fingerprint density at radius 2 is 1.90 bits per heavy atom. The van der Waals surface area contributed by atoms with E-state index >= 15 is 0 Å². The summed E-state index contributed by atoms with van der Waals surface area (Å²) in [5.41, 5.74) is 4.70. The monoisotopic (exact) mass is 467 g/mol. The van der Waals surface area contributed by atoms with E-state index in [9.17, 15) is 5.11 Å². The van der Waals surface area contributed by atoms with Crippen LogP contribution in [0.15, 0.2) is 67.0 Å². The highest BCUT2D eigenvalue weighted by atomic mass is 35.5. The van der Waals surface area contributed by atoms with Crippen molar-refractivity contribution in [3.63, 3.8) is 0 Å². The van der Waals surface area contributed by atoms with Crippen molar-refractivity contribution in [1.82, 2.24) is 19.5 Å². The first-order chi connectivity index (χ1) is 15.0. The molecule has 5 aromatic rings. The van der Waals surface area contributed by atoms with E-state index in [0.29, 0.717) is 26.3 Å². The number of halogens is 2. The van der Waals surface area contributed by atoms with Gasteiger partial charge in [-0.05, 0) is 60.7 Å². The van der Waals surface area contributed by atoms with Crippen molar-refractivity contribution in [2.24, 2.45) is 0 Å². The Balaban J connectivity index is 1.74. The highest BCUT2D eigenvalue weighted by Gasteiger charge is 2.18. The van der Waals surface area contributed by atoms with Gasteiger partial charge in [0.05, 0.1) is 39.5 Å². The number of aromatic amines is 2. The molecule has 0 atom stereocenters. The molecule has 0 radical (unpaired) electrons. The number of H-pyrrole nitrogens is 2. The normalized spacial score (nSPS) is 11.2. The van der Waals surface area contributed by atoms with Gasteiger partial charge in [-0.15, -0.1) is 0 Å². The lowest BCUT2D eigenvalue weighted by atomic mass is 10.1. The Morgan fingerprint density at radius 3 is 2.74 bits per heavy atom. The molecule has 2 heterocycles. The number of benzene rings is 3. The van der Waals surface area contributed by atoms with E-state index in [4.69, 9.17) is 35.4 Å². The lowest BCUT2D eigenvalue weighted by molar-refractivity contribution is 0.475. The zero-order valence-corrected chi connectivity index (χ0v) is 18.2. The van der Waals surface area contributed by atoms with Gasteiger partial charge in [-0.25, -0.2) is 4.98 Å². The quantitative estimate of drug-likeness (QED) is 0.218. The summed E-state index contributed by atoms with van der Waals surface area (Å²) in [7, 11) is 0. The van der Waals surface area contributed by atoms with Crippen LogP contribution >= 0.6 is 35.4 Å². The standard InChI is InChI=1S/C22H15Cl2N5OS/c23-13-4-6-16(24)18(9-13)27-21-20(12-2-1-3-15(30)8-12)29(22(31)28-21)14-5-7-17-19(10-14)26-11-25-17/h1-11,27,30H,(H,25,26)(H,28,31). The van der Waals surface area contributed by atoms with Crippen molar-refractivity contribution in [2.45, 2.75) is 0 Å². The number of aromatic hydroxyl groups is 1. The molecule has 31 heavy (non-hydrogen) atoms. The second kappa shape index (κ2) is 7.77. The molecule has 5 rings (SSSR count). The van der Waals surface area contributed by atoms with E-state index < -0.39 is 0 Å². The fourth-order valence-corrected chi connectivity index (χ4v) is 4.13. The number of rotatable bonds is 4. The maximum absolute atomic E-state index is 10.1. The Bertz CT molecular complexity index is 1490. The third-order valence-electron chi connectivity index (χ3n) is 4.87. The Kier molecular flexibility index (Phi) is 4.94. The van der Waals surface area contributed by atoms with Gasteiger partial charge in [0, 0.05) is 10.6 Å². The summed E-state index contributed by atoms with van der Waals surface area (Å²) in [5.74, 6) is 0.761. The molecule has 2 aromatic heterocycles. The van der Waals surface area contributed by atoms with Gasteiger partial charge in [0.25, 0.3) is 0 Å². The zero-order valence-electron chi connectivity index (χ0n) is 15.9. The molecule has 0 bridgehead atoms. The predicted octanol–water partition coefficient (Wildman–Crippen LogP) is 6.83. The number of phenols is 1. The van der Waals surface area contributed by atoms with Crippen LogP contribution in [-0.4, -0.2) is 24.6 Å².